The molecule has 0 aromatic carbocycles. The van der Waals surface area contributed by atoms with E-state index in [1.165, 1.54) is 0 Å². The predicted octanol–water partition coefficient (Wildman–Crippen LogP) is 1.46. The number of nitrogens with two attached hydrogens (primary N) is 1. The second-order valence-electron chi connectivity index (χ2n) is 4.07. The van der Waals surface area contributed by atoms with Gasteiger partial charge in [0, 0.05) is 0 Å². The number of allylic oxidation sites excluding steroid dienone is 2. The minimum atomic E-state index is -0.195. The van der Waals surface area contributed by atoms with Crippen molar-refractivity contribution in [2.75, 3.05) is 0 Å². The van der Waals surface area contributed by atoms with Crippen LogP contribution in [-0.2, 0) is 4.79 Å². The van der Waals surface area contributed by atoms with E-state index in [0.717, 1.165) is 19.3 Å². The average molecular weight is 165 g/mol. The molecule has 0 saturated heterocycles. The topological polar surface area (TPSA) is 43.1 Å². The number of rotatable bonds is 2. The van der Waals surface area contributed by atoms with Gasteiger partial charge in [0.05, 0.1) is 5.41 Å². The third kappa shape index (κ3) is 0.780. The quantitative estimate of drug-likeness (QED) is 0.618. The standard InChI is InChI=1S/C10H15NO/c1-2-10(9(11)12)6-7-3-4-8(10)5-7/h3-4,7-8H,2,5-6H2,1H3,(H2,11,12)/t7?,8?,10-/m1/s1. The van der Waals surface area contributed by atoms with Crippen molar-refractivity contribution < 1.29 is 4.79 Å². The Bertz CT molecular complexity index is 246. The van der Waals surface area contributed by atoms with E-state index >= 15 is 0 Å². The molecule has 12 heavy (non-hydrogen) atoms. The highest BCUT2D eigenvalue weighted by Crippen LogP contribution is 2.53. The number of hydrogen-bond donors (Lipinski definition) is 1. The molecule has 2 aliphatic rings. The number of amides is 1. The summed E-state index contributed by atoms with van der Waals surface area (Å²) in [6.45, 7) is 2.07. The molecule has 0 aromatic heterocycles. The molecular weight excluding hydrogens is 150 g/mol. The summed E-state index contributed by atoms with van der Waals surface area (Å²) >= 11 is 0. The molecule has 0 radical (unpaired) electrons. The zero-order valence-corrected chi connectivity index (χ0v) is 7.42. The van der Waals surface area contributed by atoms with Gasteiger partial charge in [-0.3, -0.25) is 4.79 Å². The first-order valence-corrected chi connectivity index (χ1v) is 4.67. The van der Waals surface area contributed by atoms with E-state index in [0.29, 0.717) is 11.8 Å². The monoisotopic (exact) mass is 165 g/mol. The molecule has 0 spiro atoms. The predicted molar refractivity (Wildman–Crippen MR) is 47.3 cm³/mol. The first kappa shape index (κ1) is 7.84. The molecule has 2 aliphatic carbocycles. The smallest absolute Gasteiger partial charge is 0.224 e. The molecule has 1 fully saturated rings. The van der Waals surface area contributed by atoms with Crippen molar-refractivity contribution in [2.24, 2.45) is 23.0 Å². The summed E-state index contributed by atoms with van der Waals surface area (Å²) in [4.78, 5) is 11.3. The van der Waals surface area contributed by atoms with E-state index in [1.54, 1.807) is 0 Å². The van der Waals surface area contributed by atoms with Crippen LogP contribution in [0.1, 0.15) is 26.2 Å². The van der Waals surface area contributed by atoms with E-state index < -0.39 is 0 Å². The van der Waals surface area contributed by atoms with Crippen molar-refractivity contribution >= 4 is 5.91 Å². The highest BCUT2D eigenvalue weighted by Gasteiger charge is 2.50. The van der Waals surface area contributed by atoms with Gasteiger partial charge in [0.2, 0.25) is 5.91 Å². The molecule has 2 heteroatoms. The molecule has 66 valence electrons. The lowest BCUT2D eigenvalue weighted by molar-refractivity contribution is -0.129. The van der Waals surface area contributed by atoms with Crippen LogP contribution in [0.15, 0.2) is 12.2 Å². The van der Waals surface area contributed by atoms with Crippen molar-refractivity contribution in [1.29, 1.82) is 0 Å². The van der Waals surface area contributed by atoms with Gasteiger partial charge in [-0.2, -0.15) is 0 Å². The van der Waals surface area contributed by atoms with Crippen molar-refractivity contribution in [1.82, 2.24) is 0 Å². The van der Waals surface area contributed by atoms with Gasteiger partial charge in [0.25, 0.3) is 0 Å². The van der Waals surface area contributed by atoms with Gasteiger partial charge < -0.3 is 5.73 Å². The van der Waals surface area contributed by atoms with Crippen LogP contribution in [0.3, 0.4) is 0 Å². The summed E-state index contributed by atoms with van der Waals surface area (Å²) in [5, 5.41) is 0. The van der Waals surface area contributed by atoms with Crippen LogP contribution in [0.4, 0.5) is 0 Å². The number of primary amides is 1. The number of carbonyl (C=O) groups is 1. The van der Waals surface area contributed by atoms with Gasteiger partial charge in [-0.15, -0.1) is 0 Å². The SMILES string of the molecule is CC[C@@]1(C(N)=O)CC2C=CC1C2. The third-order valence-corrected chi connectivity index (χ3v) is 3.63. The lowest BCUT2D eigenvalue weighted by Crippen LogP contribution is -2.39. The molecule has 0 aliphatic heterocycles. The van der Waals surface area contributed by atoms with Gasteiger partial charge in [-0.25, -0.2) is 0 Å². The van der Waals surface area contributed by atoms with Crippen LogP contribution in [0, 0.1) is 17.3 Å². The van der Waals surface area contributed by atoms with Crippen LogP contribution in [0.5, 0.6) is 0 Å². The van der Waals surface area contributed by atoms with Crippen molar-refractivity contribution in [3.05, 3.63) is 12.2 Å². The van der Waals surface area contributed by atoms with Crippen LogP contribution in [-0.4, -0.2) is 5.91 Å². The summed E-state index contributed by atoms with van der Waals surface area (Å²) in [6.07, 6.45) is 7.45. The fraction of sp³-hybridized carbons (Fsp3) is 0.700. The Balaban J connectivity index is 2.31. The van der Waals surface area contributed by atoms with Crippen LogP contribution < -0.4 is 5.73 Å². The fourth-order valence-corrected chi connectivity index (χ4v) is 2.82. The minimum absolute atomic E-state index is 0.0955. The normalized spacial score (nSPS) is 43.8. The Kier molecular flexibility index (Phi) is 1.53. The van der Waals surface area contributed by atoms with Gasteiger partial charge in [-0.05, 0) is 31.1 Å². The maximum atomic E-state index is 11.3. The Labute approximate surface area is 72.8 Å². The molecule has 3 atom stereocenters. The molecule has 2 nitrogen and oxygen atoms in total. The maximum Gasteiger partial charge on any atom is 0.224 e. The summed E-state index contributed by atoms with van der Waals surface area (Å²) in [5.74, 6) is 0.967. The fourth-order valence-electron chi connectivity index (χ4n) is 2.82. The molecule has 0 heterocycles. The Morgan fingerprint density at radius 1 is 1.67 bits per heavy atom. The highest BCUT2D eigenvalue weighted by atomic mass is 16.1. The summed E-state index contributed by atoms with van der Waals surface area (Å²) in [5.41, 5.74) is 5.26. The van der Waals surface area contributed by atoms with E-state index in [9.17, 15) is 4.79 Å². The summed E-state index contributed by atoms with van der Waals surface area (Å²) in [7, 11) is 0. The second-order valence-corrected chi connectivity index (χ2v) is 4.07. The van der Waals surface area contributed by atoms with E-state index in [-0.39, 0.29) is 11.3 Å². The van der Waals surface area contributed by atoms with Gasteiger partial charge in [0.1, 0.15) is 0 Å². The summed E-state index contributed by atoms with van der Waals surface area (Å²) < 4.78 is 0. The van der Waals surface area contributed by atoms with Gasteiger partial charge in [0.15, 0.2) is 0 Å². The van der Waals surface area contributed by atoms with Crippen molar-refractivity contribution in [3.63, 3.8) is 0 Å². The second kappa shape index (κ2) is 2.35. The molecule has 1 saturated carbocycles. The Morgan fingerprint density at radius 3 is 2.67 bits per heavy atom. The lowest BCUT2D eigenvalue weighted by atomic mass is 9.73. The largest absolute Gasteiger partial charge is 0.369 e. The van der Waals surface area contributed by atoms with E-state index in [2.05, 4.69) is 19.1 Å². The minimum Gasteiger partial charge on any atom is -0.369 e. The number of hydrogen-bond acceptors (Lipinski definition) is 1. The highest BCUT2D eigenvalue weighted by molar-refractivity contribution is 5.82. The van der Waals surface area contributed by atoms with Gasteiger partial charge >= 0.3 is 0 Å². The van der Waals surface area contributed by atoms with E-state index in [1.807, 2.05) is 0 Å². The zero-order valence-electron chi connectivity index (χ0n) is 7.42. The molecule has 1 amide bonds. The molecule has 2 unspecified atom stereocenters. The molecule has 2 bridgehead atoms. The van der Waals surface area contributed by atoms with E-state index in [4.69, 9.17) is 5.73 Å². The summed E-state index contributed by atoms with van der Waals surface area (Å²) in [6, 6.07) is 0. The van der Waals surface area contributed by atoms with Crippen LogP contribution in [0.25, 0.3) is 0 Å². The lowest BCUT2D eigenvalue weighted by Gasteiger charge is -2.30. The zero-order chi connectivity index (χ0) is 8.77. The first-order valence-electron chi connectivity index (χ1n) is 4.67. The molecule has 0 aromatic rings. The van der Waals surface area contributed by atoms with Crippen LogP contribution in [0.2, 0.25) is 0 Å². The number of carbonyl (C=O) groups excluding carboxylic acids is 1. The Morgan fingerprint density at radius 2 is 2.42 bits per heavy atom. The van der Waals surface area contributed by atoms with Crippen molar-refractivity contribution in [3.8, 4) is 0 Å². The maximum absolute atomic E-state index is 11.3. The molecular formula is C10H15NO. The molecule has 2 N–H and O–H groups in total. The van der Waals surface area contributed by atoms with Crippen molar-refractivity contribution in [2.45, 2.75) is 26.2 Å². The third-order valence-electron chi connectivity index (χ3n) is 3.63. The van der Waals surface area contributed by atoms with Gasteiger partial charge in [-0.1, -0.05) is 19.1 Å². The Hall–Kier alpha value is -0.790. The van der Waals surface area contributed by atoms with Crippen LogP contribution >= 0.6 is 0 Å². The molecule has 2 rings (SSSR count). The average Bonchev–Trinajstić information content (AvgIpc) is 2.62. The number of fused-ring (bicyclic) bond motifs is 2. The first-order chi connectivity index (χ1) is 5.69.